The summed E-state index contributed by atoms with van der Waals surface area (Å²) in [7, 11) is 0. The van der Waals surface area contributed by atoms with Crippen LogP contribution in [0.15, 0.2) is 36.4 Å². The maximum absolute atomic E-state index is 12.8. The number of urea groups is 1. The van der Waals surface area contributed by atoms with Gasteiger partial charge in [0.2, 0.25) is 0 Å². The van der Waals surface area contributed by atoms with Crippen LogP contribution >= 0.6 is 11.3 Å². The Balaban J connectivity index is 1.86. The molecule has 1 aliphatic heterocycles. The minimum absolute atomic E-state index is 0.281. The third-order valence-electron chi connectivity index (χ3n) is 4.16. The highest BCUT2D eigenvalue weighted by Gasteiger charge is 2.49. The number of nitriles is 1. The molecule has 1 aromatic carbocycles. The maximum Gasteiger partial charge on any atom is 0.325 e. The second-order valence-corrected chi connectivity index (χ2v) is 7.26. The van der Waals surface area contributed by atoms with Crippen LogP contribution in [0, 0.1) is 18.3 Å². The number of ketones is 1. The summed E-state index contributed by atoms with van der Waals surface area (Å²) in [6, 6.07) is 11.4. The first-order chi connectivity index (χ1) is 11.8. The maximum atomic E-state index is 12.8. The fraction of sp³-hybridized carbons (Fsp3) is 0.222. The summed E-state index contributed by atoms with van der Waals surface area (Å²) in [5.74, 6) is -0.786. The fourth-order valence-corrected chi connectivity index (χ4v) is 3.54. The molecule has 0 spiro atoms. The zero-order chi connectivity index (χ0) is 18.2. The van der Waals surface area contributed by atoms with Crippen molar-refractivity contribution >= 4 is 29.1 Å². The SMILES string of the molecule is Cc1ccc(C(=O)CN2C(=O)N[C@@](C)(c3cccc(C#N)c3)C2=O)s1. The molecule has 2 heterocycles. The van der Waals surface area contributed by atoms with Crippen molar-refractivity contribution < 1.29 is 14.4 Å². The van der Waals surface area contributed by atoms with Crippen LogP contribution in [0.2, 0.25) is 0 Å². The summed E-state index contributed by atoms with van der Waals surface area (Å²) in [4.78, 5) is 39.9. The molecular weight excluding hydrogens is 338 g/mol. The zero-order valence-electron chi connectivity index (χ0n) is 13.7. The van der Waals surface area contributed by atoms with E-state index in [0.29, 0.717) is 16.0 Å². The molecule has 1 aromatic heterocycles. The number of thiophene rings is 1. The van der Waals surface area contributed by atoms with Crippen LogP contribution in [0.5, 0.6) is 0 Å². The largest absolute Gasteiger partial charge is 0.325 e. The number of imide groups is 1. The Bertz CT molecular complexity index is 928. The van der Waals surface area contributed by atoms with Crippen LogP contribution < -0.4 is 5.32 Å². The minimum atomic E-state index is -1.30. The Morgan fingerprint density at radius 2 is 2.08 bits per heavy atom. The van der Waals surface area contributed by atoms with E-state index in [1.165, 1.54) is 11.3 Å². The first kappa shape index (κ1) is 16.9. The summed E-state index contributed by atoms with van der Waals surface area (Å²) < 4.78 is 0. The molecule has 0 unspecified atom stereocenters. The molecule has 1 fully saturated rings. The van der Waals surface area contributed by atoms with Crippen LogP contribution in [0.3, 0.4) is 0 Å². The van der Waals surface area contributed by atoms with E-state index >= 15 is 0 Å². The van der Waals surface area contributed by atoms with Crippen molar-refractivity contribution in [3.63, 3.8) is 0 Å². The van der Waals surface area contributed by atoms with Crippen molar-refractivity contribution in [2.45, 2.75) is 19.4 Å². The number of hydrogen-bond acceptors (Lipinski definition) is 5. The van der Waals surface area contributed by atoms with Crippen LogP contribution in [-0.4, -0.2) is 29.2 Å². The average molecular weight is 353 g/mol. The molecule has 3 amide bonds. The highest BCUT2D eigenvalue weighted by Crippen LogP contribution is 2.29. The molecule has 3 rings (SSSR count). The van der Waals surface area contributed by atoms with Gasteiger partial charge in [-0.15, -0.1) is 11.3 Å². The lowest BCUT2D eigenvalue weighted by atomic mass is 9.91. The number of carbonyl (C=O) groups excluding carboxylic acids is 3. The summed E-state index contributed by atoms with van der Waals surface area (Å²) >= 11 is 1.33. The van der Waals surface area contributed by atoms with Gasteiger partial charge in [-0.05, 0) is 43.7 Å². The monoisotopic (exact) mass is 353 g/mol. The third-order valence-corrected chi connectivity index (χ3v) is 5.20. The fourth-order valence-electron chi connectivity index (χ4n) is 2.74. The van der Waals surface area contributed by atoms with E-state index in [9.17, 15) is 14.4 Å². The highest BCUT2D eigenvalue weighted by molar-refractivity contribution is 7.14. The first-order valence-corrected chi connectivity index (χ1v) is 8.41. The van der Waals surface area contributed by atoms with Gasteiger partial charge in [-0.25, -0.2) is 4.79 Å². The molecule has 126 valence electrons. The standard InChI is InChI=1S/C18H15N3O3S/c1-11-6-7-15(25-11)14(22)10-21-16(23)18(2,20-17(21)24)13-5-3-4-12(8-13)9-19/h3-8H,10H2,1-2H3,(H,20,24)/t18-/m0/s1. The predicted molar refractivity (Wildman–Crippen MR) is 92.1 cm³/mol. The lowest BCUT2D eigenvalue weighted by molar-refractivity contribution is -0.130. The van der Waals surface area contributed by atoms with Crippen LogP contribution in [-0.2, 0) is 10.3 Å². The summed E-state index contributed by atoms with van der Waals surface area (Å²) in [5.41, 5.74) is -0.397. The number of rotatable bonds is 4. The van der Waals surface area contributed by atoms with Crippen LogP contribution in [0.4, 0.5) is 4.79 Å². The zero-order valence-corrected chi connectivity index (χ0v) is 14.5. The average Bonchev–Trinajstić information content (AvgIpc) is 3.13. The number of amides is 3. The third kappa shape index (κ3) is 2.92. The Labute approximate surface area is 148 Å². The molecule has 1 saturated heterocycles. The number of carbonyl (C=O) groups is 3. The van der Waals surface area contributed by atoms with Crippen molar-refractivity contribution in [2.24, 2.45) is 0 Å². The number of nitrogens with one attached hydrogen (secondary N) is 1. The molecule has 1 atom stereocenters. The van der Waals surface area contributed by atoms with E-state index in [1.54, 1.807) is 37.3 Å². The molecular formula is C18H15N3O3S. The highest BCUT2D eigenvalue weighted by atomic mass is 32.1. The van der Waals surface area contributed by atoms with Crippen molar-refractivity contribution in [3.8, 4) is 6.07 Å². The first-order valence-electron chi connectivity index (χ1n) is 7.59. The Hall–Kier alpha value is -2.98. The predicted octanol–water partition coefficient (Wildman–Crippen LogP) is 2.58. The van der Waals surface area contributed by atoms with Gasteiger partial charge in [-0.1, -0.05) is 12.1 Å². The summed E-state index contributed by atoms with van der Waals surface area (Å²) in [6.45, 7) is 3.15. The van der Waals surface area contributed by atoms with E-state index in [0.717, 1.165) is 9.78 Å². The molecule has 0 saturated carbocycles. The topological polar surface area (TPSA) is 90.3 Å². The molecule has 0 bridgehead atoms. The summed E-state index contributed by atoms with van der Waals surface area (Å²) in [5, 5.41) is 11.7. The second-order valence-electron chi connectivity index (χ2n) is 5.97. The minimum Gasteiger partial charge on any atom is -0.319 e. The number of benzene rings is 1. The van der Waals surface area contributed by atoms with Crippen LogP contribution in [0.1, 0.15) is 32.6 Å². The van der Waals surface area contributed by atoms with Gasteiger partial charge in [-0.3, -0.25) is 14.5 Å². The number of hydrogen-bond donors (Lipinski definition) is 1. The van der Waals surface area contributed by atoms with Crippen molar-refractivity contribution in [1.29, 1.82) is 5.26 Å². The molecule has 2 aromatic rings. The van der Waals surface area contributed by atoms with Gasteiger partial charge in [0.25, 0.3) is 5.91 Å². The van der Waals surface area contributed by atoms with E-state index in [4.69, 9.17) is 5.26 Å². The van der Waals surface area contributed by atoms with Gasteiger partial charge in [0.1, 0.15) is 5.54 Å². The van der Waals surface area contributed by atoms with Gasteiger partial charge in [0.05, 0.1) is 23.1 Å². The van der Waals surface area contributed by atoms with E-state index < -0.39 is 17.5 Å². The van der Waals surface area contributed by atoms with Gasteiger partial charge < -0.3 is 5.32 Å². The molecule has 1 N–H and O–H groups in total. The van der Waals surface area contributed by atoms with E-state index in [1.807, 2.05) is 19.1 Å². The van der Waals surface area contributed by atoms with Gasteiger partial charge >= 0.3 is 6.03 Å². The molecule has 0 radical (unpaired) electrons. The van der Waals surface area contributed by atoms with Gasteiger partial charge in [0, 0.05) is 4.88 Å². The summed E-state index contributed by atoms with van der Waals surface area (Å²) in [6.07, 6.45) is 0. The number of aryl methyl sites for hydroxylation is 1. The molecule has 7 heteroatoms. The Morgan fingerprint density at radius 1 is 1.32 bits per heavy atom. The van der Waals surface area contributed by atoms with Crippen molar-refractivity contribution in [2.75, 3.05) is 6.54 Å². The van der Waals surface area contributed by atoms with Gasteiger partial charge in [-0.2, -0.15) is 5.26 Å². The Kier molecular flexibility index (Phi) is 4.15. The number of Topliss-reactive ketones (excluding diaryl/α,β-unsaturated/α-hetero) is 1. The molecule has 25 heavy (non-hydrogen) atoms. The number of nitrogens with zero attached hydrogens (tertiary/aromatic N) is 2. The Morgan fingerprint density at radius 3 is 2.72 bits per heavy atom. The van der Waals surface area contributed by atoms with Crippen LogP contribution in [0.25, 0.3) is 0 Å². The lowest BCUT2D eigenvalue weighted by Crippen LogP contribution is -2.41. The smallest absolute Gasteiger partial charge is 0.319 e. The lowest BCUT2D eigenvalue weighted by Gasteiger charge is -2.22. The quantitative estimate of drug-likeness (QED) is 0.676. The molecule has 0 aliphatic carbocycles. The molecule has 1 aliphatic rings. The second kappa shape index (κ2) is 6.15. The normalized spacial score (nSPS) is 19.6. The van der Waals surface area contributed by atoms with E-state index in [-0.39, 0.29) is 12.3 Å². The van der Waals surface area contributed by atoms with Crippen molar-refractivity contribution in [1.82, 2.24) is 10.2 Å². The van der Waals surface area contributed by atoms with Gasteiger partial charge in [0.15, 0.2) is 5.78 Å². The van der Waals surface area contributed by atoms with E-state index in [2.05, 4.69) is 5.32 Å². The van der Waals surface area contributed by atoms with Crippen molar-refractivity contribution in [3.05, 3.63) is 57.3 Å². The molecule has 6 nitrogen and oxygen atoms in total.